The van der Waals surface area contributed by atoms with Crippen LogP contribution >= 0.6 is 0 Å². The molecule has 4 nitrogen and oxygen atoms in total. The Bertz CT molecular complexity index is 376. The summed E-state index contributed by atoms with van der Waals surface area (Å²) in [5.41, 5.74) is 6.53. The van der Waals surface area contributed by atoms with E-state index < -0.39 is 12.2 Å². The zero-order chi connectivity index (χ0) is 11.7. The molecule has 1 fully saturated rings. The molecule has 0 aliphatic carbocycles. The highest BCUT2D eigenvalue weighted by atomic mass is 19.1. The van der Waals surface area contributed by atoms with Gasteiger partial charge in [-0.1, -0.05) is 6.07 Å². The third kappa shape index (κ3) is 2.02. The van der Waals surface area contributed by atoms with Crippen LogP contribution in [0.1, 0.15) is 5.56 Å². The largest absolute Gasteiger partial charge is 0.389 e. The lowest BCUT2D eigenvalue weighted by Gasteiger charge is -2.18. The fourth-order valence-corrected chi connectivity index (χ4v) is 1.90. The maximum atomic E-state index is 13.7. The molecule has 16 heavy (non-hydrogen) atoms. The number of hydrogen-bond acceptors (Lipinski definition) is 4. The van der Waals surface area contributed by atoms with Crippen LogP contribution in [0.5, 0.6) is 0 Å². The monoisotopic (exact) mass is 226 g/mol. The van der Waals surface area contributed by atoms with E-state index in [2.05, 4.69) is 0 Å². The summed E-state index contributed by atoms with van der Waals surface area (Å²) < 4.78 is 13.7. The van der Waals surface area contributed by atoms with Crippen molar-refractivity contribution in [2.24, 2.45) is 5.73 Å². The number of nitrogens with zero attached hydrogens (tertiary/aromatic N) is 1. The molecule has 1 aromatic carbocycles. The lowest BCUT2D eigenvalue weighted by atomic mass is 10.2. The van der Waals surface area contributed by atoms with Gasteiger partial charge in [-0.05, 0) is 17.7 Å². The van der Waals surface area contributed by atoms with Crippen LogP contribution in [0.25, 0.3) is 0 Å². The minimum absolute atomic E-state index is 0.250. The van der Waals surface area contributed by atoms with Crippen LogP contribution in [0.15, 0.2) is 18.2 Å². The van der Waals surface area contributed by atoms with Gasteiger partial charge in [0.25, 0.3) is 0 Å². The second-order valence-corrected chi connectivity index (χ2v) is 4.03. The Morgan fingerprint density at radius 1 is 1.31 bits per heavy atom. The molecule has 2 unspecified atom stereocenters. The summed E-state index contributed by atoms with van der Waals surface area (Å²) in [4.78, 5) is 1.63. The number of aliphatic hydroxyl groups excluding tert-OH is 2. The van der Waals surface area contributed by atoms with Crippen LogP contribution in [0.3, 0.4) is 0 Å². The minimum Gasteiger partial charge on any atom is -0.389 e. The Balaban J connectivity index is 2.22. The molecule has 0 aromatic heterocycles. The first-order valence-corrected chi connectivity index (χ1v) is 5.21. The molecule has 5 heteroatoms. The van der Waals surface area contributed by atoms with Gasteiger partial charge in [0, 0.05) is 19.6 Å². The van der Waals surface area contributed by atoms with E-state index in [4.69, 9.17) is 5.73 Å². The van der Waals surface area contributed by atoms with Crippen LogP contribution in [0.4, 0.5) is 10.1 Å². The predicted molar refractivity (Wildman–Crippen MR) is 58.5 cm³/mol. The first-order chi connectivity index (χ1) is 7.61. The Morgan fingerprint density at radius 3 is 2.44 bits per heavy atom. The third-order valence-electron chi connectivity index (χ3n) is 2.85. The average Bonchev–Trinajstić information content (AvgIpc) is 2.58. The molecule has 1 aliphatic heterocycles. The average molecular weight is 226 g/mol. The van der Waals surface area contributed by atoms with Crippen molar-refractivity contribution in [3.05, 3.63) is 29.6 Å². The number of anilines is 1. The molecule has 0 bridgehead atoms. The maximum absolute atomic E-state index is 13.7. The van der Waals surface area contributed by atoms with Gasteiger partial charge in [-0.15, -0.1) is 0 Å². The molecule has 1 saturated heterocycles. The van der Waals surface area contributed by atoms with Crippen molar-refractivity contribution in [2.75, 3.05) is 18.0 Å². The minimum atomic E-state index is -0.811. The van der Waals surface area contributed by atoms with E-state index in [0.29, 0.717) is 12.2 Å². The summed E-state index contributed by atoms with van der Waals surface area (Å²) in [6.45, 7) is 0.794. The molecule has 88 valence electrons. The lowest BCUT2D eigenvalue weighted by Crippen LogP contribution is -2.22. The van der Waals surface area contributed by atoms with Crippen molar-refractivity contribution >= 4 is 5.69 Å². The number of nitrogens with two attached hydrogens (primary N) is 1. The molecule has 4 N–H and O–H groups in total. The van der Waals surface area contributed by atoms with Gasteiger partial charge in [0.15, 0.2) is 0 Å². The topological polar surface area (TPSA) is 69.7 Å². The normalized spacial score (nSPS) is 25.1. The highest BCUT2D eigenvalue weighted by Crippen LogP contribution is 2.24. The number of β-amino-alcohol motifs (C(OH)–C–C–N with tert-alkyl or cyclic N) is 2. The Labute approximate surface area is 93.1 Å². The Hall–Kier alpha value is -1.17. The maximum Gasteiger partial charge on any atom is 0.146 e. The van der Waals surface area contributed by atoms with Gasteiger partial charge in [0.1, 0.15) is 5.82 Å². The molecule has 1 aromatic rings. The molecular formula is C11H15FN2O2. The number of rotatable bonds is 2. The Kier molecular flexibility index (Phi) is 3.09. The molecule has 0 saturated carbocycles. The molecule has 2 atom stereocenters. The van der Waals surface area contributed by atoms with Crippen LogP contribution in [-0.4, -0.2) is 35.5 Å². The Morgan fingerprint density at radius 2 is 1.94 bits per heavy atom. The number of benzene rings is 1. The molecule has 2 rings (SSSR count). The molecule has 0 amide bonds. The van der Waals surface area contributed by atoms with Crippen molar-refractivity contribution in [3.8, 4) is 0 Å². The van der Waals surface area contributed by atoms with E-state index in [1.807, 2.05) is 0 Å². The molecule has 1 aliphatic rings. The van der Waals surface area contributed by atoms with E-state index in [9.17, 15) is 14.6 Å². The quantitative estimate of drug-likeness (QED) is 0.654. The first-order valence-electron chi connectivity index (χ1n) is 5.21. The van der Waals surface area contributed by atoms with Crippen molar-refractivity contribution in [1.82, 2.24) is 0 Å². The summed E-state index contributed by atoms with van der Waals surface area (Å²) >= 11 is 0. The van der Waals surface area contributed by atoms with E-state index in [0.717, 1.165) is 5.56 Å². The zero-order valence-electron chi connectivity index (χ0n) is 8.81. The van der Waals surface area contributed by atoms with E-state index >= 15 is 0 Å². The van der Waals surface area contributed by atoms with Crippen molar-refractivity contribution in [1.29, 1.82) is 0 Å². The van der Waals surface area contributed by atoms with Crippen LogP contribution in [-0.2, 0) is 6.54 Å². The number of halogens is 1. The van der Waals surface area contributed by atoms with Crippen LogP contribution in [0, 0.1) is 5.82 Å². The van der Waals surface area contributed by atoms with Crippen LogP contribution in [0.2, 0.25) is 0 Å². The van der Waals surface area contributed by atoms with Gasteiger partial charge < -0.3 is 20.8 Å². The number of aliphatic hydroxyl groups is 2. The highest BCUT2D eigenvalue weighted by molar-refractivity contribution is 5.50. The van der Waals surface area contributed by atoms with E-state index in [-0.39, 0.29) is 18.9 Å². The third-order valence-corrected chi connectivity index (χ3v) is 2.85. The summed E-state index contributed by atoms with van der Waals surface area (Å²) in [6.07, 6.45) is -1.62. The lowest BCUT2D eigenvalue weighted by molar-refractivity contribution is 0.0572. The van der Waals surface area contributed by atoms with Gasteiger partial charge in [0.2, 0.25) is 0 Å². The molecule has 0 spiro atoms. The van der Waals surface area contributed by atoms with Gasteiger partial charge in [-0.2, -0.15) is 0 Å². The van der Waals surface area contributed by atoms with Gasteiger partial charge in [0.05, 0.1) is 17.9 Å². The molecule has 0 radical (unpaired) electrons. The van der Waals surface area contributed by atoms with Crippen molar-refractivity contribution in [2.45, 2.75) is 18.8 Å². The van der Waals surface area contributed by atoms with Gasteiger partial charge in [-0.3, -0.25) is 0 Å². The zero-order valence-corrected chi connectivity index (χ0v) is 8.81. The summed E-state index contributed by atoms with van der Waals surface area (Å²) in [6, 6.07) is 4.75. The summed E-state index contributed by atoms with van der Waals surface area (Å²) in [7, 11) is 0. The fraction of sp³-hybridized carbons (Fsp3) is 0.455. The first kappa shape index (κ1) is 11.3. The van der Waals surface area contributed by atoms with Gasteiger partial charge in [-0.25, -0.2) is 4.39 Å². The predicted octanol–water partition coefficient (Wildman–Crippen LogP) is -0.174. The smallest absolute Gasteiger partial charge is 0.146 e. The van der Waals surface area contributed by atoms with E-state index in [1.165, 1.54) is 6.07 Å². The van der Waals surface area contributed by atoms with Crippen LogP contribution < -0.4 is 10.6 Å². The highest BCUT2D eigenvalue weighted by Gasteiger charge is 2.30. The SMILES string of the molecule is NCc1ccc(N2CC(O)C(O)C2)c(F)c1. The number of hydrogen-bond donors (Lipinski definition) is 3. The second-order valence-electron chi connectivity index (χ2n) is 4.03. The summed E-state index contributed by atoms with van der Waals surface area (Å²) in [5, 5.41) is 18.8. The van der Waals surface area contributed by atoms with E-state index in [1.54, 1.807) is 17.0 Å². The van der Waals surface area contributed by atoms with Crippen molar-refractivity contribution < 1.29 is 14.6 Å². The second kappa shape index (κ2) is 4.37. The summed E-state index contributed by atoms with van der Waals surface area (Å²) in [5.74, 6) is -0.371. The standard InChI is InChI=1S/C11H15FN2O2/c12-8-3-7(4-13)1-2-9(8)14-5-10(15)11(16)6-14/h1-3,10-11,15-16H,4-6,13H2. The fourth-order valence-electron chi connectivity index (χ4n) is 1.90. The molecular weight excluding hydrogens is 211 g/mol. The van der Waals surface area contributed by atoms with Crippen molar-refractivity contribution in [3.63, 3.8) is 0 Å². The molecule has 1 heterocycles. The van der Waals surface area contributed by atoms with Gasteiger partial charge >= 0.3 is 0 Å².